The monoisotopic (exact) mass is 511 g/mol. The van der Waals surface area contributed by atoms with Gasteiger partial charge >= 0.3 is 0 Å². The first-order valence-electron chi connectivity index (χ1n) is 11.8. The zero-order valence-electron chi connectivity index (χ0n) is 20.1. The van der Waals surface area contributed by atoms with Gasteiger partial charge in [-0.2, -0.15) is 0 Å². The fourth-order valence-corrected chi connectivity index (χ4v) is 5.29. The van der Waals surface area contributed by atoms with Gasteiger partial charge in [0.1, 0.15) is 11.4 Å². The molecule has 1 amide bonds. The van der Waals surface area contributed by atoms with Crippen LogP contribution in [0, 0.1) is 0 Å². The molecule has 0 aliphatic heterocycles. The first-order chi connectivity index (χ1) is 17.9. The van der Waals surface area contributed by atoms with Crippen molar-refractivity contribution in [1.29, 1.82) is 0 Å². The van der Waals surface area contributed by atoms with E-state index in [1.807, 2.05) is 31.2 Å². The van der Waals surface area contributed by atoms with Gasteiger partial charge in [0.05, 0.1) is 16.4 Å². The largest absolute Gasteiger partial charge is 0.494 e. The minimum absolute atomic E-state index is 0.194. The Morgan fingerprint density at radius 1 is 0.892 bits per heavy atom. The molecule has 7 nitrogen and oxygen atoms in total. The van der Waals surface area contributed by atoms with Crippen LogP contribution in [-0.2, 0) is 16.4 Å². The van der Waals surface area contributed by atoms with Gasteiger partial charge in [-0.15, -0.1) is 0 Å². The molecule has 0 fully saturated rings. The lowest BCUT2D eigenvalue weighted by atomic mass is 10.1. The van der Waals surface area contributed by atoms with Crippen LogP contribution in [0.2, 0.25) is 0 Å². The summed E-state index contributed by atoms with van der Waals surface area (Å²) in [6.45, 7) is 2.80. The Hall–Kier alpha value is -4.43. The normalized spacial score (nSPS) is 11.4. The first kappa shape index (κ1) is 24.3. The number of rotatable bonds is 8. The zero-order chi connectivity index (χ0) is 25.8. The summed E-state index contributed by atoms with van der Waals surface area (Å²) in [6.07, 6.45) is 3.35. The van der Waals surface area contributed by atoms with E-state index in [0.29, 0.717) is 12.3 Å². The maximum absolute atomic E-state index is 13.2. The Kier molecular flexibility index (Phi) is 6.74. The molecule has 0 spiro atoms. The number of carbonyl (C=O) groups excluding carboxylic acids is 1. The molecular formula is C29H25N3O4S. The molecule has 186 valence electrons. The molecule has 8 heteroatoms. The predicted octanol–water partition coefficient (Wildman–Crippen LogP) is 5.39. The number of nitrogens with one attached hydrogen (secondary N) is 2. The second kappa shape index (κ2) is 10.3. The molecule has 37 heavy (non-hydrogen) atoms. The van der Waals surface area contributed by atoms with Crippen LogP contribution >= 0.6 is 0 Å². The van der Waals surface area contributed by atoms with Crippen LogP contribution in [0.4, 0.5) is 0 Å². The Balaban J connectivity index is 1.24. The van der Waals surface area contributed by atoms with Crippen molar-refractivity contribution in [2.45, 2.75) is 23.3 Å². The highest BCUT2D eigenvalue weighted by atomic mass is 32.2. The Morgan fingerprint density at radius 3 is 2.14 bits per heavy atom. The summed E-state index contributed by atoms with van der Waals surface area (Å²) in [7, 11) is -3.68. The smallest absolute Gasteiger partial charge is 0.267 e. The van der Waals surface area contributed by atoms with Gasteiger partial charge in [-0.1, -0.05) is 36.4 Å². The summed E-state index contributed by atoms with van der Waals surface area (Å²) >= 11 is 0. The van der Waals surface area contributed by atoms with Crippen LogP contribution in [0.5, 0.6) is 5.75 Å². The van der Waals surface area contributed by atoms with Crippen molar-refractivity contribution in [2.24, 2.45) is 0 Å². The molecule has 0 aliphatic rings. The number of aromatic amines is 1. The first-order valence-corrected chi connectivity index (χ1v) is 13.3. The Labute approximate surface area is 215 Å². The van der Waals surface area contributed by atoms with E-state index in [9.17, 15) is 13.2 Å². The van der Waals surface area contributed by atoms with E-state index in [4.69, 9.17) is 4.74 Å². The summed E-state index contributed by atoms with van der Waals surface area (Å²) in [5.41, 5.74) is 3.95. The van der Waals surface area contributed by atoms with Gasteiger partial charge in [0.15, 0.2) is 0 Å². The molecule has 0 saturated heterocycles. The highest BCUT2D eigenvalue weighted by Crippen LogP contribution is 2.27. The molecule has 2 N–H and O–H groups in total. The third-order valence-corrected chi connectivity index (χ3v) is 7.80. The van der Waals surface area contributed by atoms with Gasteiger partial charge in [-0.3, -0.25) is 9.78 Å². The van der Waals surface area contributed by atoms with E-state index in [1.165, 1.54) is 0 Å². The molecule has 0 bridgehead atoms. The fourth-order valence-electron chi connectivity index (χ4n) is 4.03. The summed E-state index contributed by atoms with van der Waals surface area (Å²) in [5.74, 6) is 0.546. The number of aromatic nitrogens is 2. The van der Waals surface area contributed by atoms with E-state index in [1.54, 1.807) is 73.1 Å². The number of hydrogen-bond donors (Lipinski definition) is 2. The van der Waals surface area contributed by atoms with Gasteiger partial charge in [0, 0.05) is 29.8 Å². The third-order valence-electron chi connectivity index (χ3n) is 6.02. The van der Waals surface area contributed by atoms with Crippen LogP contribution in [0.15, 0.2) is 107 Å². The van der Waals surface area contributed by atoms with Gasteiger partial charge in [-0.05, 0) is 72.1 Å². The molecule has 0 atom stereocenters. The molecule has 5 aromatic rings. The van der Waals surface area contributed by atoms with Gasteiger partial charge in [0.25, 0.3) is 5.91 Å². The number of carbonyl (C=O) groups is 1. The molecule has 0 unspecified atom stereocenters. The molecule has 0 radical (unpaired) electrons. The van der Waals surface area contributed by atoms with Crippen molar-refractivity contribution in [3.8, 4) is 16.9 Å². The lowest BCUT2D eigenvalue weighted by Gasteiger charge is -2.09. The van der Waals surface area contributed by atoms with Gasteiger partial charge in [0.2, 0.25) is 9.84 Å². The Bertz CT molecular complexity index is 1610. The standard InChI is InChI=1S/C29H25N3O4S/c1-2-36-24-9-5-21(6-10-24)22-7-13-26(14-8-22)37(34,35)25-11-3-20(4-12-25)18-31-29(33)28-17-23-19-30-16-15-27(23)32-28/h3-17,19,32H,2,18H2,1H3,(H,31,33). The number of H-pyrrole nitrogens is 1. The molecule has 5 rings (SSSR count). The van der Waals surface area contributed by atoms with Gasteiger partial charge in [-0.25, -0.2) is 8.42 Å². The van der Waals surface area contributed by atoms with Crippen molar-refractivity contribution in [3.05, 3.63) is 109 Å². The number of ether oxygens (including phenoxy) is 1. The van der Waals surface area contributed by atoms with Crippen LogP contribution < -0.4 is 10.1 Å². The number of fused-ring (bicyclic) bond motifs is 1. The highest BCUT2D eigenvalue weighted by molar-refractivity contribution is 7.91. The van der Waals surface area contributed by atoms with Crippen molar-refractivity contribution in [2.75, 3.05) is 6.61 Å². The molecule has 0 saturated carbocycles. The maximum Gasteiger partial charge on any atom is 0.267 e. The summed E-state index contributed by atoms with van der Waals surface area (Å²) < 4.78 is 31.8. The number of hydrogen-bond acceptors (Lipinski definition) is 5. The number of benzene rings is 3. The second-order valence-electron chi connectivity index (χ2n) is 8.46. The Morgan fingerprint density at radius 2 is 1.51 bits per heavy atom. The lowest BCUT2D eigenvalue weighted by Crippen LogP contribution is -2.23. The topological polar surface area (TPSA) is 101 Å². The van der Waals surface area contributed by atoms with E-state index in [0.717, 1.165) is 33.3 Å². The van der Waals surface area contributed by atoms with Crippen LogP contribution in [-0.4, -0.2) is 30.9 Å². The third kappa shape index (κ3) is 5.24. The molecule has 3 aromatic carbocycles. The molecule has 0 aliphatic carbocycles. The quantitative estimate of drug-likeness (QED) is 0.291. The highest BCUT2D eigenvalue weighted by Gasteiger charge is 2.18. The van der Waals surface area contributed by atoms with E-state index in [2.05, 4.69) is 15.3 Å². The van der Waals surface area contributed by atoms with Crippen molar-refractivity contribution in [3.63, 3.8) is 0 Å². The average molecular weight is 512 g/mol. The SMILES string of the molecule is CCOc1ccc(-c2ccc(S(=O)(=O)c3ccc(CNC(=O)c4cc5cnccc5[nH]4)cc3)cc2)cc1. The zero-order valence-corrected chi connectivity index (χ0v) is 21.0. The minimum atomic E-state index is -3.68. The summed E-state index contributed by atoms with van der Waals surface area (Å²) in [6, 6.07) is 24.6. The van der Waals surface area contributed by atoms with Gasteiger partial charge < -0.3 is 15.0 Å². The minimum Gasteiger partial charge on any atom is -0.494 e. The number of nitrogens with zero attached hydrogens (tertiary/aromatic N) is 1. The van der Waals surface area contributed by atoms with Crippen LogP contribution in [0.25, 0.3) is 22.0 Å². The van der Waals surface area contributed by atoms with E-state index in [-0.39, 0.29) is 22.2 Å². The lowest BCUT2D eigenvalue weighted by molar-refractivity contribution is 0.0946. The summed E-state index contributed by atoms with van der Waals surface area (Å²) in [5, 5.41) is 3.71. The molecule has 2 aromatic heterocycles. The number of sulfone groups is 1. The molecule has 2 heterocycles. The van der Waals surface area contributed by atoms with Crippen molar-refractivity contribution >= 4 is 26.6 Å². The predicted molar refractivity (Wildman–Crippen MR) is 142 cm³/mol. The number of amides is 1. The summed E-state index contributed by atoms with van der Waals surface area (Å²) in [4.78, 5) is 20.0. The second-order valence-corrected chi connectivity index (χ2v) is 10.4. The van der Waals surface area contributed by atoms with Crippen molar-refractivity contribution in [1.82, 2.24) is 15.3 Å². The average Bonchev–Trinajstić information content (AvgIpc) is 3.37. The van der Waals surface area contributed by atoms with Crippen molar-refractivity contribution < 1.29 is 17.9 Å². The van der Waals surface area contributed by atoms with E-state index < -0.39 is 9.84 Å². The van der Waals surface area contributed by atoms with Crippen LogP contribution in [0.3, 0.4) is 0 Å². The van der Waals surface area contributed by atoms with E-state index >= 15 is 0 Å². The van der Waals surface area contributed by atoms with Crippen LogP contribution in [0.1, 0.15) is 23.0 Å². The maximum atomic E-state index is 13.2. The number of pyridine rings is 1. The molecular weight excluding hydrogens is 486 g/mol. The fraction of sp³-hybridized carbons (Fsp3) is 0.103.